The van der Waals surface area contributed by atoms with Gasteiger partial charge in [-0.15, -0.1) is 0 Å². The maximum absolute atomic E-state index is 10.1. The number of aliphatic hydroxyl groups excluding tert-OH is 1. The maximum atomic E-state index is 10.1. The van der Waals surface area contributed by atoms with Crippen molar-refractivity contribution < 1.29 is 5.11 Å². The van der Waals surface area contributed by atoms with Crippen LogP contribution in [0.5, 0.6) is 0 Å². The first-order valence-electron chi connectivity index (χ1n) is 6.39. The lowest BCUT2D eigenvalue weighted by Gasteiger charge is -2.22. The Bertz CT molecular complexity index is 365. The third-order valence-electron chi connectivity index (χ3n) is 3.42. The molecule has 1 fully saturated rings. The van der Waals surface area contributed by atoms with Crippen molar-refractivity contribution in [3.8, 4) is 0 Å². The van der Waals surface area contributed by atoms with E-state index in [0.717, 1.165) is 31.1 Å². The average Bonchev–Trinajstić information content (AvgIpc) is 3.14. The molecular formula is C14H20ClNO. The van der Waals surface area contributed by atoms with Crippen LogP contribution in [0.2, 0.25) is 5.02 Å². The van der Waals surface area contributed by atoms with Crippen molar-refractivity contribution in [1.29, 1.82) is 0 Å². The molecule has 0 aromatic heterocycles. The highest BCUT2D eigenvalue weighted by Crippen LogP contribution is 2.29. The van der Waals surface area contributed by atoms with Crippen molar-refractivity contribution in [3.63, 3.8) is 0 Å². The molecule has 3 heteroatoms. The number of hydrogen-bond donors (Lipinski definition) is 1. The van der Waals surface area contributed by atoms with Gasteiger partial charge < -0.3 is 10.0 Å². The van der Waals surface area contributed by atoms with Gasteiger partial charge in [-0.3, -0.25) is 0 Å². The standard InChI is InChI=1S/C14H20ClNO/c1-2-16(11-7-8-11)10-9-14(17)12-5-3-4-6-13(12)15/h3-6,11,14,17H,2,7-10H2,1H3. The van der Waals surface area contributed by atoms with Gasteiger partial charge in [0, 0.05) is 17.6 Å². The largest absolute Gasteiger partial charge is 0.388 e. The third-order valence-corrected chi connectivity index (χ3v) is 3.77. The Balaban J connectivity index is 1.88. The zero-order chi connectivity index (χ0) is 12.3. The van der Waals surface area contributed by atoms with Crippen LogP contribution < -0.4 is 0 Å². The second kappa shape index (κ2) is 5.85. The molecular weight excluding hydrogens is 234 g/mol. The van der Waals surface area contributed by atoms with Crippen LogP contribution in [0.4, 0.5) is 0 Å². The molecule has 0 spiro atoms. The third kappa shape index (κ3) is 3.44. The van der Waals surface area contributed by atoms with Gasteiger partial charge in [0.2, 0.25) is 0 Å². The molecule has 0 aliphatic heterocycles. The number of aliphatic hydroxyl groups is 1. The molecule has 17 heavy (non-hydrogen) atoms. The Morgan fingerprint density at radius 1 is 1.41 bits per heavy atom. The van der Waals surface area contributed by atoms with Crippen molar-refractivity contribution in [2.45, 2.75) is 38.3 Å². The first-order chi connectivity index (χ1) is 8.22. The van der Waals surface area contributed by atoms with Crippen molar-refractivity contribution in [2.24, 2.45) is 0 Å². The van der Waals surface area contributed by atoms with Crippen LogP contribution in [0.25, 0.3) is 0 Å². The summed E-state index contributed by atoms with van der Waals surface area (Å²) >= 11 is 6.07. The molecule has 1 saturated carbocycles. The van der Waals surface area contributed by atoms with Gasteiger partial charge in [-0.05, 0) is 37.4 Å². The van der Waals surface area contributed by atoms with Crippen LogP contribution in [-0.4, -0.2) is 29.1 Å². The summed E-state index contributed by atoms with van der Waals surface area (Å²) in [6.45, 7) is 4.20. The van der Waals surface area contributed by atoms with E-state index in [1.165, 1.54) is 12.8 Å². The predicted molar refractivity (Wildman–Crippen MR) is 71.3 cm³/mol. The quantitative estimate of drug-likeness (QED) is 0.841. The van der Waals surface area contributed by atoms with E-state index in [4.69, 9.17) is 11.6 Å². The van der Waals surface area contributed by atoms with E-state index in [0.29, 0.717) is 5.02 Å². The lowest BCUT2D eigenvalue weighted by atomic mass is 10.1. The first kappa shape index (κ1) is 12.9. The fraction of sp³-hybridized carbons (Fsp3) is 0.571. The summed E-state index contributed by atoms with van der Waals surface area (Å²) in [6.07, 6.45) is 2.94. The second-order valence-corrected chi connectivity index (χ2v) is 5.09. The van der Waals surface area contributed by atoms with E-state index in [-0.39, 0.29) is 0 Å². The van der Waals surface area contributed by atoms with Crippen molar-refractivity contribution >= 4 is 11.6 Å². The van der Waals surface area contributed by atoms with E-state index < -0.39 is 6.10 Å². The molecule has 94 valence electrons. The van der Waals surface area contributed by atoms with Crippen LogP contribution in [-0.2, 0) is 0 Å². The summed E-state index contributed by atoms with van der Waals surface area (Å²) in [6, 6.07) is 8.31. The van der Waals surface area contributed by atoms with E-state index in [1.54, 1.807) is 0 Å². The highest BCUT2D eigenvalue weighted by molar-refractivity contribution is 6.31. The van der Waals surface area contributed by atoms with Gasteiger partial charge in [0.15, 0.2) is 0 Å². The highest BCUT2D eigenvalue weighted by atomic mass is 35.5. The van der Waals surface area contributed by atoms with Gasteiger partial charge >= 0.3 is 0 Å². The van der Waals surface area contributed by atoms with Crippen LogP contribution in [0, 0.1) is 0 Å². The van der Waals surface area contributed by atoms with Crippen molar-refractivity contribution in [1.82, 2.24) is 4.90 Å². The number of halogens is 1. The summed E-state index contributed by atoms with van der Waals surface area (Å²) in [4.78, 5) is 2.44. The van der Waals surface area contributed by atoms with Crippen LogP contribution >= 0.6 is 11.6 Å². The van der Waals surface area contributed by atoms with Gasteiger partial charge in [-0.25, -0.2) is 0 Å². The molecule has 2 nitrogen and oxygen atoms in total. The number of benzene rings is 1. The Morgan fingerprint density at radius 3 is 2.71 bits per heavy atom. The lowest BCUT2D eigenvalue weighted by Crippen LogP contribution is -2.27. The predicted octanol–water partition coefficient (Wildman–Crippen LogP) is 3.25. The Hall–Kier alpha value is -0.570. The molecule has 1 aliphatic carbocycles. The molecule has 1 aliphatic rings. The lowest BCUT2D eigenvalue weighted by molar-refractivity contribution is 0.141. The smallest absolute Gasteiger partial charge is 0.0816 e. The van der Waals surface area contributed by atoms with E-state index in [1.807, 2.05) is 24.3 Å². The Labute approximate surface area is 108 Å². The van der Waals surface area contributed by atoms with Gasteiger partial charge in [-0.2, -0.15) is 0 Å². The van der Waals surface area contributed by atoms with Gasteiger partial charge in [0.05, 0.1) is 6.10 Å². The highest BCUT2D eigenvalue weighted by Gasteiger charge is 2.27. The minimum absolute atomic E-state index is 0.448. The normalized spacial score (nSPS) is 17.4. The number of hydrogen-bond acceptors (Lipinski definition) is 2. The fourth-order valence-corrected chi connectivity index (χ4v) is 2.49. The minimum atomic E-state index is -0.448. The Morgan fingerprint density at radius 2 is 2.12 bits per heavy atom. The molecule has 1 unspecified atom stereocenters. The topological polar surface area (TPSA) is 23.5 Å². The molecule has 0 heterocycles. The monoisotopic (exact) mass is 253 g/mol. The molecule has 1 N–H and O–H groups in total. The first-order valence-corrected chi connectivity index (χ1v) is 6.76. The van der Waals surface area contributed by atoms with Gasteiger partial charge in [0.1, 0.15) is 0 Å². The molecule has 1 aromatic carbocycles. The summed E-state index contributed by atoms with van der Waals surface area (Å²) < 4.78 is 0. The van der Waals surface area contributed by atoms with Crippen LogP contribution in [0.1, 0.15) is 37.9 Å². The Kier molecular flexibility index (Phi) is 4.43. The summed E-state index contributed by atoms with van der Waals surface area (Å²) in [5, 5.41) is 10.8. The molecule has 0 saturated heterocycles. The molecule has 0 radical (unpaired) electrons. The number of nitrogens with zero attached hydrogens (tertiary/aromatic N) is 1. The van der Waals surface area contributed by atoms with Crippen LogP contribution in [0.3, 0.4) is 0 Å². The zero-order valence-electron chi connectivity index (χ0n) is 10.3. The average molecular weight is 254 g/mol. The molecule has 0 amide bonds. The van der Waals surface area contributed by atoms with Crippen molar-refractivity contribution in [2.75, 3.05) is 13.1 Å². The maximum Gasteiger partial charge on any atom is 0.0816 e. The minimum Gasteiger partial charge on any atom is -0.388 e. The van der Waals surface area contributed by atoms with E-state index >= 15 is 0 Å². The van der Waals surface area contributed by atoms with E-state index in [2.05, 4.69) is 11.8 Å². The molecule has 1 atom stereocenters. The SMILES string of the molecule is CCN(CCC(O)c1ccccc1Cl)C1CC1. The summed E-state index contributed by atoms with van der Waals surface area (Å²) in [5.41, 5.74) is 0.848. The fourth-order valence-electron chi connectivity index (χ4n) is 2.23. The van der Waals surface area contributed by atoms with Crippen molar-refractivity contribution in [3.05, 3.63) is 34.9 Å². The van der Waals surface area contributed by atoms with Crippen LogP contribution in [0.15, 0.2) is 24.3 Å². The molecule has 0 bridgehead atoms. The summed E-state index contributed by atoms with van der Waals surface area (Å²) in [5.74, 6) is 0. The van der Waals surface area contributed by atoms with Gasteiger partial charge in [0.25, 0.3) is 0 Å². The molecule has 1 aromatic rings. The summed E-state index contributed by atoms with van der Waals surface area (Å²) in [7, 11) is 0. The molecule has 2 rings (SSSR count). The second-order valence-electron chi connectivity index (χ2n) is 4.69. The zero-order valence-corrected chi connectivity index (χ0v) is 11.0. The number of rotatable bonds is 6. The van der Waals surface area contributed by atoms with E-state index in [9.17, 15) is 5.11 Å². The van der Waals surface area contributed by atoms with Gasteiger partial charge in [-0.1, -0.05) is 36.7 Å².